The van der Waals surface area contributed by atoms with Crippen LogP contribution >= 0.6 is 11.8 Å². The van der Waals surface area contributed by atoms with Gasteiger partial charge in [0.15, 0.2) is 0 Å². The third-order valence-electron chi connectivity index (χ3n) is 3.47. The van der Waals surface area contributed by atoms with Gasteiger partial charge in [-0.05, 0) is 35.9 Å². The van der Waals surface area contributed by atoms with Crippen LogP contribution in [0, 0.1) is 5.82 Å². The van der Waals surface area contributed by atoms with Crippen molar-refractivity contribution in [2.24, 2.45) is 0 Å². The van der Waals surface area contributed by atoms with Crippen LogP contribution in [0.2, 0.25) is 0 Å². The van der Waals surface area contributed by atoms with Crippen molar-refractivity contribution >= 4 is 35.0 Å². The van der Waals surface area contributed by atoms with Crippen molar-refractivity contribution in [2.75, 3.05) is 16.0 Å². The van der Waals surface area contributed by atoms with E-state index in [-0.39, 0.29) is 23.0 Å². The number of nitrogens with zero attached hydrogens (tertiary/aromatic N) is 1. The first-order chi connectivity index (χ1) is 11.0. The standard InChI is InChI=1S/C17H15FN2O2S/c1-11(21)19-14-7-5-12(6-8-14)17-20(16(22)10-23-17)15-4-2-3-13(18)9-15/h2-9,17H,10H2,1H3,(H,19,21). The van der Waals surface area contributed by atoms with Crippen LogP contribution in [-0.2, 0) is 9.59 Å². The van der Waals surface area contributed by atoms with Gasteiger partial charge in [0.2, 0.25) is 11.8 Å². The number of carbonyl (C=O) groups excluding carboxylic acids is 2. The van der Waals surface area contributed by atoms with E-state index in [1.165, 1.54) is 30.8 Å². The Kier molecular flexibility index (Phi) is 4.34. The van der Waals surface area contributed by atoms with Gasteiger partial charge in [-0.2, -0.15) is 0 Å². The number of hydrogen-bond donors (Lipinski definition) is 1. The Morgan fingerprint density at radius 1 is 1.26 bits per heavy atom. The second-order valence-corrected chi connectivity index (χ2v) is 6.28. The summed E-state index contributed by atoms with van der Waals surface area (Å²) in [7, 11) is 0. The lowest BCUT2D eigenvalue weighted by Crippen LogP contribution is -2.27. The average molecular weight is 330 g/mol. The molecule has 1 aliphatic heterocycles. The molecular weight excluding hydrogens is 315 g/mol. The Hall–Kier alpha value is -2.34. The van der Waals surface area contributed by atoms with E-state index < -0.39 is 0 Å². The van der Waals surface area contributed by atoms with Crippen molar-refractivity contribution in [3.8, 4) is 0 Å². The summed E-state index contributed by atoms with van der Waals surface area (Å²) in [5, 5.41) is 2.51. The summed E-state index contributed by atoms with van der Waals surface area (Å²) in [6.45, 7) is 1.45. The van der Waals surface area contributed by atoms with Crippen molar-refractivity contribution in [3.63, 3.8) is 0 Å². The maximum atomic E-state index is 13.5. The number of hydrogen-bond acceptors (Lipinski definition) is 3. The second-order valence-electron chi connectivity index (χ2n) is 5.21. The molecule has 0 radical (unpaired) electrons. The van der Waals surface area contributed by atoms with Crippen LogP contribution in [-0.4, -0.2) is 17.6 Å². The number of benzene rings is 2. The molecule has 3 rings (SSSR count). The molecule has 1 N–H and O–H groups in total. The van der Waals surface area contributed by atoms with Crippen molar-refractivity contribution < 1.29 is 14.0 Å². The Labute approximate surface area is 137 Å². The van der Waals surface area contributed by atoms with Gasteiger partial charge < -0.3 is 5.32 Å². The number of anilines is 2. The lowest BCUT2D eigenvalue weighted by Gasteiger charge is -2.24. The van der Waals surface area contributed by atoms with Crippen LogP contribution in [0.25, 0.3) is 0 Å². The molecule has 2 amide bonds. The van der Waals surface area contributed by atoms with Crippen molar-refractivity contribution in [3.05, 3.63) is 59.9 Å². The Morgan fingerprint density at radius 3 is 2.65 bits per heavy atom. The van der Waals surface area contributed by atoms with E-state index in [9.17, 15) is 14.0 Å². The predicted octanol–water partition coefficient (Wildman–Crippen LogP) is 3.56. The van der Waals surface area contributed by atoms with Gasteiger partial charge in [-0.15, -0.1) is 11.8 Å². The number of amides is 2. The molecule has 2 aromatic rings. The van der Waals surface area contributed by atoms with Gasteiger partial charge in [-0.3, -0.25) is 14.5 Å². The molecule has 0 bridgehead atoms. The summed E-state index contributed by atoms with van der Waals surface area (Å²) in [5.41, 5.74) is 2.18. The minimum Gasteiger partial charge on any atom is -0.326 e. The molecule has 1 unspecified atom stereocenters. The molecular formula is C17H15FN2O2S. The number of halogens is 1. The summed E-state index contributed by atoms with van der Waals surface area (Å²) < 4.78 is 13.5. The first-order valence-corrected chi connectivity index (χ1v) is 8.16. The molecule has 0 spiro atoms. The van der Waals surface area contributed by atoms with Gasteiger partial charge in [-0.1, -0.05) is 18.2 Å². The quantitative estimate of drug-likeness (QED) is 0.936. The zero-order valence-corrected chi connectivity index (χ0v) is 13.3. The minimum atomic E-state index is -0.369. The first kappa shape index (κ1) is 15.6. The van der Waals surface area contributed by atoms with E-state index in [0.29, 0.717) is 17.1 Å². The number of rotatable bonds is 3. The molecule has 1 aliphatic rings. The van der Waals surface area contributed by atoms with Crippen molar-refractivity contribution in [1.29, 1.82) is 0 Å². The van der Waals surface area contributed by atoms with Crippen LogP contribution in [0.3, 0.4) is 0 Å². The highest BCUT2D eigenvalue weighted by molar-refractivity contribution is 8.00. The van der Waals surface area contributed by atoms with Gasteiger partial charge in [0, 0.05) is 18.3 Å². The molecule has 1 heterocycles. The summed E-state index contributed by atoms with van der Waals surface area (Å²) in [4.78, 5) is 24.9. The first-order valence-electron chi connectivity index (χ1n) is 7.11. The summed E-state index contributed by atoms with van der Waals surface area (Å²) in [6, 6.07) is 13.4. The molecule has 0 saturated carbocycles. The molecule has 2 aromatic carbocycles. The Bertz CT molecular complexity index is 749. The molecule has 6 heteroatoms. The zero-order valence-electron chi connectivity index (χ0n) is 12.5. The van der Waals surface area contributed by atoms with Crippen LogP contribution in [0.5, 0.6) is 0 Å². The minimum absolute atomic E-state index is 0.0449. The van der Waals surface area contributed by atoms with E-state index >= 15 is 0 Å². The second kappa shape index (κ2) is 6.42. The molecule has 23 heavy (non-hydrogen) atoms. The summed E-state index contributed by atoms with van der Waals surface area (Å²) in [6.07, 6.45) is 0. The van der Waals surface area contributed by atoms with Crippen LogP contribution in [0.15, 0.2) is 48.5 Å². The molecule has 1 fully saturated rings. The van der Waals surface area contributed by atoms with E-state index in [0.717, 1.165) is 5.56 Å². The van der Waals surface area contributed by atoms with Gasteiger partial charge in [0.05, 0.1) is 5.75 Å². The predicted molar refractivity (Wildman–Crippen MR) is 89.8 cm³/mol. The van der Waals surface area contributed by atoms with Crippen LogP contribution in [0.4, 0.5) is 15.8 Å². The monoisotopic (exact) mass is 330 g/mol. The fraction of sp³-hybridized carbons (Fsp3) is 0.176. The zero-order chi connectivity index (χ0) is 16.4. The third kappa shape index (κ3) is 3.37. The average Bonchev–Trinajstić information content (AvgIpc) is 2.89. The van der Waals surface area contributed by atoms with E-state index in [1.54, 1.807) is 29.2 Å². The molecule has 118 valence electrons. The van der Waals surface area contributed by atoms with E-state index in [2.05, 4.69) is 5.32 Å². The lowest BCUT2D eigenvalue weighted by atomic mass is 10.1. The maximum Gasteiger partial charge on any atom is 0.238 e. The number of nitrogens with one attached hydrogen (secondary N) is 1. The van der Waals surface area contributed by atoms with Gasteiger partial charge in [-0.25, -0.2) is 4.39 Å². The van der Waals surface area contributed by atoms with Crippen molar-refractivity contribution in [1.82, 2.24) is 0 Å². The van der Waals surface area contributed by atoms with Crippen LogP contribution in [0.1, 0.15) is 17.9 Å². The fourth-order valence-corrected chi connectivity index (χ4v) is 3.69. The number of carbonyl (C=O) groups is 2. The molecule has 1 atom stereocenters. The van der Waals surface area contributed by atoms with Crippen LogP contribution < -0.4 is 10.2 Å². The number of thioether (sulfide) groups is 1. The Morgan fingerprint density at radius 2 is 2.00 bits per heavy atom. The summed E-state index contributed by atoms with van der Waals surface area (Å²) >= 11 is 1.50. The summed E-state index contributed by atoms with van der Waals surface area (Å²) in [5.74, 6) is -0.192. The largest absolute Gasteiger partial charge is 0.326 e. The highest BCUT2D eigenvalue weighted by Gasteiger charge is 2.34. The third-order valence-corrected chi connectivity index (χ3v) is 4.68. The molecule has 0 aliphatic carbocycles. The van der Waals surface area contributed by atoms with Gasteiger partial charge in [0.1, 0.15) is 11.2 Å². The van der Waals surface area contributed by atoms with E-state index in [4.69, 9.17) is 0 Å². The fourth-order valence-electron chi connectivity index (χ4n) is 2.51. The topological polar surface area (TPSA) is 49.4 Å². The smallest absolute Gasteiger partial charge is 0.238 e. The highest BCUT2D eigenvalue weighted by Crippen LogP contribution is 2.41. The molecule has 4 nitrogen and oxygen atoms in total. The Balaban J connectivity index is 1.88. The van der Waals surface area contributed by atoms with Crippen molar-refractivity contribution in [2.45, 2.75) is 12.3 Å². The van der Waals surface area contributed by atoms with E-state index in [1.807, 2.05) is 12.1 Å². The van der Waals surface area contributed by atoms with Gasteiger partial charge in [0.25, 0.3) is 0 Å². The molecule has 1 saturated heterocycles. The SMILES string of the molecule is CC(=O)Nc1ccc(C2SCC(=O)N2c2cccc(F)c2)cc1. The molecule has 0 aromatic heterocycles. The normalized spacial score (nSPS) is 17.4. The van der Waals surface area contributed by atoms with Gasteiger partial charge >= 0.3 is 0 Å². The maximum absolute atomic E-state index is 13.5. The lowest BCUT2D eigenvalue weighted by molar-refractivity contribution is -0.116. The highest BCUT2D eigenvalue weighted by atomic mass is 32.2.